The number of phenols is 1. The van der Waals surface area contributed by atoms with Gasteiger partial charge in [-0.15, -0.1) is 0 Å². The average molecular weight is 421 g/mol. The fourth-order valence-corrected chi connectivity index (χ4v) is 3.06. The Morgan fingerprint density at radius 1 is 1.16 bits per heavy atom. The van der Waals surface area contributed by atoms with Gasteiger partial charge in [-0.05, 0) is 36.8 Å². The molecule has 0 fully saturated rings. The van der Waals surface area contributed by atoms with Crippen molar-refractivity contribution in [1.82, 2.24) is 25.5 Å². The molecule has 4 rings (SSSR count). The Labute approximate surface area is 176 Å². The first-order chi connectivity index (χ1) is 15.0. The predicted molar refractivity (Wildman–Crippen MR) is 115 cm³/mol. The molecule has 5 N–H and O–H groups in total. The van der Waals surface area contributed by atoms with Crippen LogP contribution in [0.15, 0.2) is 48.7 Å². The molecule has 9 nitrogen and oxygen atoms in total. The predicted octanol–water partition coefficient (Wildman–Crippen LogP) is 3.36. The van der Waals surface area contributed by atoms with E-state index in [1.54, 1.807) is 19.2 Å². The summed E-state index contributed by atoms with van der Waals surface area (Å²) in [5.41, 5.74) is 2.76. The lowest BCUT2D eigenvalue weighted by Gasteiger charge is -2.10. The monoisotopic (exact) mass is 421 g/mol. The SMILES string of the molecule is CNC(=O)CCc1[nH]nc2cc(Nc3ncc(F)c(Nc4cccc(O)c4)n3)ccc12. The van der Waals surface area contributed by atoms with Crippen LogP contribution < -0.4 is 16.0 Å². The van der Waals surface area contributed by atoms with Gasteiger partial charge in [0.1, 0.15) is 5.75 Å². The summed E-state index contributed by atoms with van der Waals surface area (Å²) < 4.78 is 14.1. The molecule has 31 heavy (non-hydrogen) atoms. The van der Waals surface area contributed by atoms with Crippen molar-refractivity contribution in [3.05, 3.63) is 60.2 Å². The van der Waals surface area contributed by atoms with Gasteiger partial charge in [0.05, 0.1) is 11.7 Å². The zero-order valence-corrected chi connectivity index (χ0v) is 16.6. The number of fused-ring (bicyclic) bond motifs is 1. The number of aromatic amines is 1. The van der Waals surface area contributed by atoms with Crippen molar-refractivity contribution >= 4 is 40.0 Å². The number of carbonyl (C=O) groups excluding carboxylic acids is 1. The molecule has 0 saturated heterocycles. The Bertz CT molecular complexity index is 1240. The molecule has 0 bridgehead atoms. The number of H-pyrrole nitrogens is 1. The highest BCUT2D eigenvalue weighted by Crippen LogP contribution is 2.25. The molecule has 0 aliphatic rings. The fraction of sp³-hybridized carbons (Fsp3) is 0.143. The lowest BCUT2D eigenvalue weighted by molar-refractivity contribution is -0.120. The summed E-state index contributed by atoms with van der Waals surface area (Å²) >= 11 is 0. The zero-order valence-electron chi connectivity index (χ0n) is 16.6. The average Bonchev–Trinajstić information content (AvgIpc) is 3.16. The minimum absolute atomic E-state index is 0.0274. The summed E-state index contributed by atoms with van der Waals surface area (Å²) in [6, 6.07) is 11.8. The molecule has 158 valence electrons. The number of anilines is 4. The van der Waals surface area contributed by atoms with E-state index in [-0.39, 0.29) is 23.4 Å². The normalized spacial score (nSPS) is 10.8. The van der Waals surface area contributed by atoms with E-state index in [4.69, 9.17) is 0 Å². The van der Waals surface area contributed by atoms with E-state index < -0.39 is 5.82 Å². The van der Waals surface area contributed by atoms with Gasteiger partial charge in [0, 0.05) is 42.0 Å². The Balaban J connectivity index is 1.51. The third-order valence-corrected chi connectivity index (χ3v) is 4.62. The number of nitrogens with zero attached hydrogens (tertiary/aromatic N) is 3. The molecular weight excluding hydrogens is 401 g/mol. The quantitative estimate of drug-likeness (QED) is 0.310. The van der Waals surface area contributed by atoms with Crippen LogP contribution in [-0.2, 0) is 11.2 Å². The molecule has 2 aromatic carbocycles. The van der Waals surface area contributed by atoms with Gasteiger partial charge in [0.15, 0.2) is 11.6 Å². The molecular formula is C21H20FN7O2. The third-order valence-electron chi connectivity index (χ3n) is 4.62. The number of halogens is 1. The van der Waals surface area contributed by atoms with E-state index in [1.807, 2.05) is 18.2 Å². The maximum atomic E-state index is 14.1. The van der Waals surface area contributed by atoms with E-state index in [0.29, 0.717) is 24.2 Å². The number of hydrogen-bond acceptors (Lipinski definition) is 7. The van der Waals surface area contributed by atoms with Crippen molar-refractivity contribution in [3.63, 3.8) is 0 Å². The molecule has 0 saturated carbocycles. The summed E-state index contributed by atoms with van der Waals surface area (Å²) in [4.78, 5) is 19.6. The maximum Gasteiger partial charge on any atom is 0.229 e. The largest absolute Gasteiger partial charge is 0.508 e. The summed E-state index contributed by atoms with van der Waals surface area (Å²) in [7, 11) is 1.60. The van der Waals surface area contributed by atoms with E-state index in [1.165, 1.54) is 12.1 Å². The Hall–Kier alpha value is -4.21. The van der Waals surface area contributed by atoms with Crippen LogP contribution in [0.2, 0.25) is 0 Å². The highest BCUT2D eigenvalue weighted by Gasteiger charge is 2.11. The van der Waals surface area contributed by atoms with Gasteiger partial charge in [-0.25, -0.2) is 9.37 Å². The standard InChI is InChI=1S/C21H20FN7O2/c1-23-19(31)8-7-17-15-6-5-13(10-18(15)29-28-17)26-21-24-11-16(22)20(27-21)25-12-3-2-4-14(30)9-12/h2-6,9-11,30H,7-8H2,1H3,(H,23,31)(H,28,29)(H2,24,25,26,27). The highest BCUT2D eigenvalue weighted by molar-refractivity contribution is 5.86. The first kappa shape index (κ1) is 20.1. The van der Waals surface area contributed by atoms with Crippen LogP contribution in [0.25, 0.3) is 10.9 Å². The number of rotatable bonds is 7. The molecule has 0 aliphatic heterocycles. The number of hydrogen-bond donors (Lipinski definition) is 5. The van der Waals surface area contributed by atoms with Gasteiger partial charge in [0.25, 0.3) is 0 Å². The van der Waals surface area contributed by atoms with Gasteiger partial charge in [-0.2, -0.15) is 10.1 Å². The highest BCUT2D eigenvalue weighted by atomic mass is 19.1. The van der Waals surface area contributed by atoms with Gasteiger partial charge >= 0.3 is 0 Å². The molecule has 2 aromatic heterocycles. The Kier molecular flexibility index (Phi) is 5.61. The summed E-state index contributed by atoms with van der Waals surface area (Å²) in [5, 5.41) is 26.2. The van der Waals surface area contributed by atoms with E-state index in [0.717, 1.165) is 22.8 Å². The molecule has 0 radical (unpaired) electrons. The van der Waals surface area contributed by atoms with Crippen molar-refractivity contribution < 1.29 is 14.3 Å². The summed E-state index contributed by atoms with van der Waals surface area (Å²) in [5.74, 6) is -0.443. The number of aromatic hydroxyl groups is 1. The van der Waals surface area contributed by atoms with Crippen LogP contribution in [-0.4, -0.2) is 38.2 Å². The van der Waals surface area contributed by atoms with Crippen LogP contribution >= 0.6 is 0 Å². The van der Waals surface area contributed by atoms with Crippen molar-refractivity contribution in [2.24, 2.45) is 0 Å². The second kappa shape index (κ2) is 8.66. The number of amides is 1. The molecule has 0 aliphatic carbocycles. The van der Waals surface area contributed by atoms with E-state index in [2.05, 4.69) is 36.1 Å². The van der Waals surface area contributed by atoms with Gasteiger partial charge in [-0.1, -0.05) is 6.07 Å². The molecule has 2 heterocycles. The molecule has 10 heteroatoms. The van der Waals surface area contributed by atoms with Gasteiger partial charge in [0.2, 0.25) is 11.9 Å². The zero-order chi connectivity index (χ0) is 21.8. The fourth-order valence-electron chi connectivity index (χ4n) is 3.06. The number of carbonyl (C=O) groups is 1. The molecule has 4 aromatic rings. The van der Waals surface area contributed by atoms with Crippen molar-refractivity contribution in [2.75, 3.05) is 17.7 Å². The van der Waals surface area contributed by atoms with Crippen LogP contribution in [0, 0.1) is 5.82 Å². The number of phenolic OH excluding ortho intramolecular Hbond substituents is 1. The van der Waals surface area contributed by atoms with Gasteiger partial charge in [-0.3, -0.25) is 9.89 Å². The van der Waals surface area contributed by atoms with Gasteiger partial charge < -0.3 is 21.1 Å². The van der Waals surface area contributed by atoms with Crippen LogP contribution in [0.1, 0.15) is 12.1 Å². The van der Waals surface area contributed by atoms with E-state index >= 15 is 0 Å². The first-order valence-corrected chi connectivity index (χ1v) is 9.55. The maximum absolute atomic E-state index is 14.1. The molecule has 0 unspecified atom stereocenters. The number of nitrogens with one attached hydrogen (secondary N) is 4. The number of aromatic nitrogens is 4. The Morgan fingerprint density at radius 2 is 2.00 bits per heavy atom. The smallest absolute Gasteiger partial charge is 0.229 e. The second-order valence-electron chi connectivity index (χ2n) is 6.80. The van der Waals surface area contributed by atoms with Crippen LogP contribution in [0.5, 0.6) is 5.75 Å². The van der Waals surface area contributed by atoms with Crippen molar-refractivity contribution in [1.29, 1.82) is 0 Å². The molecule has 0 atom stereocenters. The van der Waals surface area contributed by atoms with Crippen LogP contribution in [0.4, 0.5) is 27.5 Å². The third kappa shape index (κ3) is 4.69. The summed E-state index contributed by atoms with van der Waals surface area (Å²) in [6.07, 6.45) is 1.98. The lowest BCUT2D eigenvalue weighted by Crippen LogP contribution is -2.18. The number of benzene rings is 2. The lowest BCUT2D eigenvalue weighted by atomic mass is 10.1. The first-order valence-electron chi connectivity index (χ1n) is 9.55. The minimum Gasteiger partial charge on any atom is -0.508 e. The van der Waals surface area contributed by atoms with E-state index in [9.17, 15) is 14.3 Å². The number of aryl methyl sites for hydroxylation is 1. The summed E-state index contributed by atoms with van der Waals surface area (Å²) in [6.45, 7) is 0. The molecule has 1 amide bonds. The topological polar surface area (TPSA) is 128 Å². The second-order valence-corrected chi connectivity index (χ2v) is 6.80. The Morgan fingerprint density at radius 3 is 2.81 bits per heavy atom. The van der Waals surface area contributed by atoms with Crippen molar-refractivity contribution in [2.45, 2.75) is 12.8 Å². The molecule has 0 spiro atoms. The van der Waals surface area contributed by atoms with Crippen molar-refractivity contribution in [3.8, 4) is 5.75 Å². The minimum atomic E-state index is -0.627. The van der Waals surface area contributed by atoms with Crippen LogP contribution in [0.3, 0.4) is 0 Å².